The van der Waals surface area contributed by atoms with Gasteiger partial charge in [0.1, 0.15) is 0 Å². The molecule has 0 aromatic heterocycles. The van der Waals surface area contributed by atoms with E-state index in [-0.39, 0.29) is 23.4 Å². The molecule has 152 valence electrons. The lowest BCUT2D eigenvalue weighted by atomic mass is 10.2. The first-order chi connectivity index (χ1) is 13.8. The van der Waals surface area contributed by atoms with Gasteiger partial charge in [-0.2, -0.15) is 0 Å². The van der Waals surface area contributed by atoms with Gasteiger partial charge in [0.15, 0.2) is 6.61 Å². The van der Waals surface area contributed by atoms with E-state index >= 15 is 0 Å². The number of hydrogen-bond donors (Lipinski definition) is 3. The van der Waals surface area contributed by atoms with Gasteiger partial charge < -0.3 is 10.1 Å². The zero-order valence-corrected chi connectivity index (χ0v) is 16.5. The molecule has 0 aliphatic rings. The van der Waals surface area contributed by atoms with E-state index in [4.69, 9.17) is 27.9 Å². The van der Waals surface area contributed by atoms with Gasteiger partial charge in [-0.1, -0.05) is 41.4 Å². The van der Waals surface area contributed by atoms with Crippen molar-refractivity contribution in [2.45, 2.75) is 12.8 Å². The Bertz CT molecular complexity index is 920. The van der Waals surface area contributed by atoms with Crippen LogP contribution in [0.3, 0.4) is 0 Å². The van der Waals surface area contributed by atoms with Gasteiger partial charge in [-0.15, -0.1) is 0 Å². The van der Waals surface area contributed by atoms with Gasteiger partial charge in [0, 0.05) is 17.1 Å². The van der Waals surface area contributed by atoms with Crippen LogP contribution in [0.15, 0.2) is 48.5 Å². The quantitative estimate of drug-likeness (QED) is 0.455. The maximum absolute atomic E-state index is 11.9. The summed E-state index contributed by atoms with van der Waals surface area (Å²) in [7, 11) is 0. The molecule has 0 atom stereocenters. The second-order valence-electron chi connectivity index (χ2n) is 5.70. The van der Waals surface area contributed by atoms with Gasteiger partial charge in [-0.3, -0.25) is 30.0 Å². The highest BCUT2D eigenvalue weighted by molar-refractivity contribution is 6.33. The van der Waals surface area contributed by atoms with Gasteiger partial charge in [-0.25, -0.2) is 0 Å². The second-order valence-corrected chi connectivity index (χ2v) is 6.54. The maximum atomic E-state index is 11.9. The van der Waals surface area contributed by atoms with Crippen LogP contribution in [0.1, 0.15) is 23.2 Å². The number of carbonyl (C=O) groups excluding carboxylic acids is 4. The molecule has 0 heterocycles. The van der Waals surface area contributed by atoms with Crippen molar-refractivity contribution in [3.05, 3.63) is 64.1 Å². The van der Waals surface area contributed by atoms with Crippen LogP contribution in [-0.4, -0.2) is 30.3 Å². The van der Waals surface area contributed by atoms with E-state index in [1.807, 2.05) is 0 Å². The van der Waals surface area contributed by atoms with Crippen molar-refractivity contribution in [3.63, 3.8) is 0 Å². The number of ether oxygens (including phenoxy) is 1. The van der Waals surface area contributed by atoms with E-state index in [1.54, 1.807) is 36.4 Å². The summed E-state index contributed by atoms with van der Waals surface area (Å²) in [6.07, 6.45) is -0.345. The summed E-state index contributed by atoms with van der Waals surface area (Å²) < 4.78 is 4.76. The summed E-state index contributed by atoms with van der Waals surface area (Å²) in [5, 5.41) is 3.28. The van der Waals surface area contributed by atoms with Gasteiger partial charge in [0.05, 0.1) is 17.0 Å². The number of amides is 3. The topological polar surface area (TPSA) is 114 Å². The van der Waals surface area contributed by atoms with E-state index in [1.165, 1.54) is 12.1 Å². The Kier molecular flexibility index (Phi) is 8.45. The molecule has 0 bridgehead atoms. The second kappa shape index (κ2) is 11.0. The third-order valence-electron chi connectivity index (χ3n) is 3.46. The Labute approximate surface area is 176 Å². The zero-order valence-electron chi connectivity index (χ0n) is 15.0. The first-order valence-electron chi connectivity index (χ1n) is 8.40. The summed E-state index contributed by atoms with van der Waals surface area (Å²) in [6, 6.07) is 12.9. The van der Waals surface area contributed by atoms with Crippen molar-refractivity contribution in [2.75, 3.05) is 11.9 Å². The van der Waals surface area contributed by atoms with Gasteiger partial charge in [0.25, 0.3) is 11.8 Å². The summed E-state index contributed by atoms with van der Waals surface area (Å²) in [5.74, 6) is -2.51. The Hall–Kier alpha value is -3.10. The Morgan fingerprint density at radius 2 is 1.62 bits per heavy atom. The molecule has 0 saturated carbocycles. The molecule has 0 aliphatic heterocycles. The standard InChI is InChI=1S/C19H17Cl2N3O5/c20-12-4-3-5-13(10-12)22-16(25)8-9-18(27)29-11-17(26)23-24-19(28)14-6-1-2-7-15(14)21/h1-7,10H,8-9,11H2,(H,22,25)(H,23,26)(H,24,28). The fourth-order valence-electron chi connectivity index (χ4n) is 2.10. The van der Waals surface area contributed by atoms with E-state index in [2.05, 4.69) is 16.2 Å². The number of hydrazine groups is 1. The highest BCUT2D eigenvalue weighted by atomic mass is 35.5. The minimum atomic E-state index is -0.748. The van der Waals surface area contributed by atoms with Gasteiger partial charge in [0.2, 0.25) is 5.91 Å². The lowest BCUT2D eigenvalue weighted by Gasteiger charge is -2.09. The molecule has 0 fully saturated rings. The molecule has 8 nitrogen and oxygen atoms in total. The molecule has 2 rings (SSSR count). The summed E-state index contributed by atoms with van der Waals surface area (Å²) >= 11 is 11.7. The van der Waals surface area contributed by atoms with Crippen LogP contribution >= 0.6 is 23.2 Å². The molecule has 0 spiro atoms. The SMILES string of the molecule is O=C(COC(=O)CCC(=O)Nc1cccc(Cl)c1)NNC(=O)c1ccccc1Cl. The molecule has 0 radical (unpaired) electrons. The smallest absolute Gasteiger partial charge is 0.306 e. The molecule has 2 aromatic rings. The Morgan fingerprint density at radius 1 is 0.862 bits per heavy atom. The highest BCUT2D eigenvalue weighted by Crippen LogP contribution is 2.15. The third kappa shape index (κ3) is 7.81. The largest absolute Gasteiger partial charge is 0.455 e. The molecule has 0 aliphatic carbocycles. The number of carbonyl (C=O) groups is 4. The van der Waals surface area contributed by atoms with Crippen LogP contribution in [-0.2, 0) is 19.1 Å². The lowest BCUT2D eigenvalue weighted by molar-refractivity contribution is -0.149. The average molecular weight is 438 g/mol. The van der Waals surface area contributed by atoms with Crippen molar-refractivity contribution in [3.8, 4) is 0 Å². The Balaban J connectivity index is 1.65. The van der Waals surface area contributed by atoms with Gasteiger partial charge >= 0.3 is 5.97 Å². The first-order valence-corrected chi connectivity index (χ1v) is 9.15. The van der Waals surface area contributed by atoms with Crippen LogP contribution in [0.25, 0.3) is 0 Å². The number of nitrogens with one attached hydrogen (secondary N) is 3. The van der Waals surface area contributed by atoms with Crippen LogP contribution in [0.4, 0.5) is 5.69 Å². The van der Waals surface area contributed by atoms with Crippen LogP contribution in [0, 0.1) is 0 Å². The fourth-order valence-corrected chi connectivity index (χ4v) is 2.51. The van der Waals surface area contributed by atoms with E-state index in [0.29, 0.717) is 10.7 Å². The molecule has 10 heteroatoms. The first kappa shape index (κ1) is 22.2. The molecule has 29 heavy (non-hydrogen) atoms. The predicted molar refractivity (Wildman–Crippen MR) is 107 cm³/mol. The van der Waals surface area contributed by atoms with Crippen LogP contribution < -0.4 is 16.2 Å². The average Bonchev–Trinajstić information content (AvgIpc) is 2.69. The minimum Gasteiger partial charge on any atom is -0.455 e. The molecular weight excluding hydrogens is 421 g/mol. The lowest BCUT2D eigenvalue weighted by Crippen LogP contribution is -2.43. The number of halogens is 2. The molecule has 2 aromatic carbocycles. The number of anilines is 1. The Morgan fingerprint density at radius 3 is 2.34 bits per heavy atom. The van der Waals surface area contributed by atoms with E-state index in [9.17, 15) is 19.2 Å². The molecule has 3 amide bonds. The van der Waals surface area contributed by atoms with Crippen molar-refractivity contribution < 1.29 is 23.9 Å². The fraction of sp³-hybridized carbons (Fsp3) is 0.158. The summed E-state index contributed by atoms with van der Waals surface area (Å²) in [4.78, 5) is 47.0. The summed E-state index contributed by atoms with van der Waals surface area (Å²) in [5.41, 5.74) is 4.94. The van der Waals surface area contributed by atoms with E-state index in [0.717, 1.165) is 0 Å². The van der Waals surface area contributed by atoms with E-state index < -0.39 is 30.3 Å². The third-order valence-corrected chi connectivity index (χ3v) is 4.03. The number of benzene rings is 2. The van der Waals surface area contributed by atoms with Crippen molar-refractivity contribution in [2.24, 2.45) is 0 Å². The number of esters is 1. The summed E-state index contributed by atoms with van der Waals surface area (Å²) in [6.45, 7) is -0.614. The van der Waals surface area contributed by atoms with Crippen LogP contribution in [0.2, 0.25) is 10.0 Å². The molecule has 0 saturated heterocycles. The molecular formula is C19H17Cl2N3O5. The highest BCUT2D eigenvalue weighted by Gasteiger charge is 2.13. The van der Waals surface area contributed by atoms with Crippen molar-refractivity contribution in [1.29, 1.82) is 0 Å². The van der Waals surface area contributed by atoms with Crippen LogP contribution in [0.5, 0.6) is 0 Å². The van der Waals surface area contributed by atoms with Gasteiger partial charge in [-0.05, 0) is 30.3 Å². The number of rotatable bonds is 7. The minimum absolute atomic E-state index is 0.129. The number of hydrogen-bond acceptors (Lipinski definition) is 5. The maximum Gasteiger partial charge on any atom is 0.306 e. The molecule has 0 unspecified atom stereocenters. The van der Waals surface area contributed by atoms with Crippen molar-refractivity contribution >= 4 is 52.6 Å². The zero-order chi connectivity index (χ0) is 21.2. The predicted octanol–water partition coefficient (Wildman–Crippen LogP) is 2.72. The normalized spacial score (nSPS) is 10.0. The molecule has 3 N–H and O–H groups in total. The van der Waals surface area contributed by atoms with Crippen molar-refractivity contribution in [1.82, 2.24) is 10.9 Å². The monoisotopic (exact) mass is 437 g/mol.